The van der Waals surface area contributed by atoms with Crippen LogP contribution in [0.25, 0.3) is 0 Å². The summed E-state index contributed by atoms with van der Waals surface area (Å²) in [7, 11) is -4.58. The predicted molar refractivity (Wildman–Crippen MR) is 84.2 cm³/mol. The highest BCUT2D eigenvalue weighted by Gasteiger charge is 2.17. The second-order valence-corrected chi connectivity index (χ2v) is 6.71. The van der Waals surface area contributed by atoms with E-state index in [9.17, 15) is 14.5 Å². The quantitative estimate of drug-likeness (QED) is 0.284. The standard InChI is InChI=1S/C14H30NO6P/c1-2-3-4-5-6-7-8-9-10-14(17)15-11-13(16)12-21-22(18,19)20/h13,16H,2-12H2,1H3,(H,15,17)(H2,18,19,20). The molecule has 7 nitrogen and oxygen atoms in total. The minimum Gasteiger partial charge on any atom is -0.389 e. The maximum atomic E-state index is 11.5. The van der Waals surface area contributed by atoms with Gasteiger partial charge in [0.15, 0.2) is 0 Å². The van der Waals surface area contributed by atoms with E-state index >= 15 is 0 Å². The fourth-order valence-corrected chi connectivity index (χ4v) is 2.35. The van der Waals surface area contributed by atoms with Crippen molar-refractivity contribution in [1.29, 1.82) is 0 Å². The van der Waals surface area contributed by atoms with E-state index in [2.05, 4.69) is 16.8 Å². The third-order valence-electron chi connectivity index (χ3n) is 3.23. The molecule has 0 aliphatic heterocycles. The molecule has 8 heteroatoms. The van der Waals surface area contributed by atoms with Crippen molar-refractivity contribution in [2.24, 2.45) is 0 Å². The summed E-state index contributed by atoms with van der Waals surface area (Å²) in [6.07, 6.45) is 8.52. The van der Waals surface area contributed by atoms with Crippen LogP contribution in [0.4, 0.5) is 0 Å². The van der Waals surface area contributed by atoms with E-state index in [1.807, 2.05) is 0 Å². The van der Waals surface area contributed by atoms with Gasteiger partial charge in [-0.15, -0.1) is 0 Å². The molecule has 0 saturated heterocycles. The van der Waals surface area contributed by atoms with Gasteiger partial charge < -0.3 is 20.2 Å². The van der Waals surface area contributed by atoms with Crippen molar-refractivity contribution in [3.05, 3.63) is 0 Å². The molecule has 0 fully saturated rings. The minimum absolute atomic E-state index is 0.0736. The van der Waals surface area contributed by atoms with Gasteiger partial charge >= 0.3 is 7.82 Å². The Bertz CT molecular complexity index is 333. The zero-order valence-corrected chi connectivity index (χ0v) is 14.3. The van der Waals surface area contributed by atoms with Gasteiger partial charge in [0.1, 0.15) is 0 Å². The van der Waals surface area contributed by atoms with Crippen molar-refractivity contribution < 1.29 is 28.8 Å². The van der Waals surface area contributed by atoms with Crippen LogP contribution in [-0.2, 0) is 13.9 Å². The van der Waals surface area contributed by atoms with Gasteiger partial charge in [-0.3, -0.25) is 9.32 Å². The Balaban J connectivity index is 3.44. The number of phosphoric ester groups is 1. The average Bonchev–Trinajstić information content (AvgIpc) is 2.45. The second-order valence-electron chi connectivity index (χ2n) is 5.47. The molecular formula is C14H30NO6P. The number of carbonyl (C=O) groups is 1. The molecule has 0 rings (SSSR count). The molecule has 1 atom stereocenters. The molecule has 22 heavy (non-hydrogen) atoms. The van der Waals surface area contributed by atoms with Crippen LogP contribution in [0.15, 0.2) is 0 Å². The zero-order valence-electron chi connectivity index (χ0n) is 13.4. The van der Waals surface area contributed by atoms with E-state index in [0.29, 0.717) is 6.42 Å². The predicted octanol–water partition coefficient (Wildman–Crippen LogP) is 2.10. The van der Waals surface area contributed by atoms with E-state index in [0.717, 1.165) is 19.3 Å². The van der Waals surface area contributed by atoms with Gasteiger partial charge in [-0.2, -0.15) is 0 Å². The lowest BCUT2D eigenvalue weighted by Gasteiger charge is -2.12. The largest absolute Gasteiger partial charge is 0.469 e. The third kappa shape index (κ3) is 15.9. The van der Waals surface area contributed by atoms with Gasteiger partial charge in [-0.1, -0.05) is 51.9 Å². The van der Waals surface area contributed by atoms with E-state index in [1.165, 1.54) is 32.1 Å². The van der Waals surface area contributed by atoms with E-state index in [1.54, 1.807) is 0 Å². The maximum Gasteiger partial charge on any atom is 0.469 e. The SMILES string of the molecule is CCCCCCCCCCC(=O)NCC(O)COP(=O)(O)O. The van der Waals surface area contributed by atoms with Crippen molar-refractivity contribution >= 4 is 13.7 Å². The molecule has 0 bridgehead atoms. The molecule has 132 valence electrons. The molecule has 0 heterocycles. The Labute approximate surface area is 132 Å². The maximum absolute atomic E-state index is 11.5. The normalized spacial score (nSPS) is 13.1. The molecule has 1 amide bonds. The van der Waals surface area contributed by atoms with Gasteiger partial charge in [0.05, 0.1) is 12.7 Å². The van der Waals surface area contributed by atoms with Crippen LogP contribution in [-0.4, -0.2) is 40.1 Å². The number of hydrogen-bond acceptors (Lipinski definition) is 4. The van der Waals surface area contributed by atoms with Crippen LogP contribution < -0.4 is 5.32 Å². The Morgan fingerprint density at radius 2 is 1.64 bits per heavy atom. The molecule has 0 aromatic carbocycles. The van der Waals surface area contributed by atoms with Gasteiger partial charge in [0.2, 0.25) is 5.91 Å². The van der Waals surface area contributed by atoms with Crippen LogP contribution in [0.5, 0.6) is 0 Å². The Hall–Kier alpha value is -0.460. The zero-order chi connectivity index (χ0) is 16.8. The monoisotopic (exact) mass is 339 g/mol. The van der Waals surface area contributed by atoms with Crippen LogP contribution in [0.1, 0.15) is 64.7 Å². The first-order valence-electron chi connectivity index (χ1n) is 8.00. The molecular weight excluding hydrogens is 309 g/mol. The highest BCUT2D eigenvalue weighted by Crippen LogP contribution is 2.35. The van der Waals surface area contributed by atoms with E-state index in [-0.39, 0.29) is 12.5 Å². The number of phosphoric acid groups is 1. The van der Waals surface area contributed by atoms with Crippen molar-refractivity contribution in [2.45, 2.75) is 70.8 Å². The highest BCUT2D eigenvalue weighted by atomic mass is 31.2. The number of aliphatic hydroxyl groups is 1. The Kier molecular flexibility index (Phi) is 12.8. The molecule has 0 aliphatic rings. The van der Waals surface area contributed by atoms with Crippen LogP contribution in [0, 0.1) is 0 Å². The molecule has 0 aromatic heterocycles. The number of rotatable bonds is 14. The summed E-state index contributed by atoms with van der Waals surface area (Å²) in [5.41, 5.74) is 0. The van der Waals surface area contributed by atoms with E-state index < -0.39 is 20.5 Å². The number of carbonyl (C=O) groups excluding carboxylic acids is 1. The molecule has 0 spiro atoms. The second kappa shape index (κ2) is 13.0. The van der Waals surface area contributed by atoms with Crippen molar-refractivity contribution in [3.63, 3.8) is 0 Å². The number of hydrogen-bond donors (Lipinski definition) is 4. The average molecular weight is 339 g/mol. The fourth-order valence-electron chi connectivity index (χ4n) is 1.98. The summed E-state index contributed by atoms with van der Waals surface area (Å²) in [4.78, 5) is 28.4. The Morgan fingerprint density at radius 3 is 2.18 bits per heavy atom. The summed E-state index contributed by atoms with van der Waals surface area (Å²) in [5.74, 6) is -0.166. The first-order chi connectivity index (χ1) is 10.3. The minimum atomic E-state index is -4.58. The van der Waals surface area contributed by atoms with E-state index in [4.69, 9.17) is 9.79 Å². The number of amides is 1. The lowest BCUT2D eigenvalue weighted by molar-refractivity contribution is -0.121. The van der Waals surface area contributed by atoms with Crippen LogP contribution in [0.3, 0.4) is 0 Å². The number of nitrogens with one attached hydrogen (secondary N) is 1. The fraction of sp³-hybridized carbons (Fsp3) is 0.929. The summed E-state index contributed by atoms with van der Waals surface area (Å²) in [5, 5.41) is 11.9. The first kappa shape index (κ1) is 21.5. The molecule has 1 unspecified atom stereocenters. The summed E-state index contributed by atoms with van der Waals surface area (Å²) >= 11 is 0. The smallest absolute Gasteiger partial charge is 0.389 e. The number of unbranched alkanes of at least 4 members (excludes halogenated alkanes) is 7. The summed E-state index contributed by atoms with van der Waals surface area (Å²) < 4.78 is 14.6. The van der Waals surface area contributed by atoms with Crippen molar-refractivity contribution in [3.8, 4) is 0 Å². The molecule has 0 radical (unpaired) electrons. The first-order valence-corrected chi connectivity index (χ1v) is 9.53. The topological polar surface area (TPSA) is 116 Å². The molecule has 0 aliphatic carbocycles. The lowest BCUT2D eigenvalue weighted by atomic mass is 10.1. The number of aliphatic hydroxyl groups excluding tert-OH is 1. The molecule has 0 aromatic rings. The summed E-state index contributed by atoms with van der Waals surface area (Å²) in [6.45, 7) is 1.60. The summed E-state index contributed by atoms with van der Waals surface area (Å²) in [6, 6.07) is 0. The highest BCUT2D eigenvalue weighted by molar-refractivity contribution is 7.46. The van der Waals surface area contributed by atoms with Crippen LogP contribution in [0.2, 0.25) is 0 Å². The van der Waals surface area contributed by atoms with Gasteiger partial charge in [-0.05, 0) is 6.42 Å². The van der Waals surface area contributed by atoms with Crippen molar-refractivity contribution in [2.75, 3.05) is 13.2 Å². The van der Waals surface area contributed by atoms with Gasteiger partial charge in [0.25, 0.3) is 0 Å². The van der Waals surface area contributed by atoms with Gasteiger partial charge in [0, 0.05) is 13.0 Å². The lowest BCUT2D eigenvalue weighted by Crippen LogP contribution is -2.34. The van der Waals surface area contributed by atoms with Crippen LogP contribution >= 0.6 is 7.82 Å². The molecule has 4 N–H and O–H groups in total. The third-order valence-corrected chi connectivity index (χ3v) is 3.71. The van der Waals surface area contributed by atoms with Crippen molar-refractivity contribution in [1.82, 2.24) is 5.32 Å². The Morgan fingerprint density at radius 1 is 1.09 bits per heavy atom. The van der Waals surface area contributed by atoms with Gasteiger partial charge in [-0.25, -0.2) is 4.57 Å². The molecule has 0 saturated carbocycles.